The standard InChI is InChI=1S/C20H22N4O2S2/c1-2-16-7-9-18(10-8-16)22-20(27)23-11-13-24(14-12-23)28(25,26)19-6-4-3-5-17(19)15-21/h3-10H,2,11-14H2,1H3,(H,22,27). The molecule has 0 spiro atoms. The predicted octanol–water partition coefficient (Wildman–Crippen LogP) is 2.82. The van der Waals surface area contributed by atoms with Gasteiger partial charge in [-0.3, -0.25) is 0 Å². The molecule has 0 bridgehead atoms. The van der Waals surface area contributed by atoms with Crippen molar-refractivity contribution in [2.75, 3.05) is 31.5 Å². The molecule has 0 aromatic heterocycles. The average Bonchev–Trinajstić information content (AvgIpc) is 2.74. The Balaban J connectivity index is 1.63. The second-order valence-electron chi connectivity index (χ2n) is 6.48. The quantitative estimate of drug-likeness (QED) is 0.776. The third-order valence-electron chi connectivity index (χ3n) is 4.76. The zero-order valence-electron chi connectivity index (χ0n) is 15.6. The molecule has 1 aliphatic heterocycles. The van der Waals surface area contributed by atoms with Crippen molar-refractivity contribution in [1.29, 1.82) is 5.26 Å². The summed E-state index contributed by atoms with van der Waals surface area (Å²) >= 11 is 5.49. The highest BCUT2D eigenvalue weighted by atomic mass is 32.2. The van der Waals surface area contributed by atoms with E-state index in [0.29, 0.717) is 31.3 Å². The zero-order valence-corrected chi connectivity index (χ0v) is 17.3. The number of thiocarbonyl (C=S) groups is 1. The molecule has 8 heteroatoms. The number of nitrogens with zero attached hydrogens (tertiary/aromatic N) is 3. The second-order valence-corrected chi connectivity index (χ2v) is 8.77. The minimum absolute atomic E-state index is 0.0580. The lowest BCUT2D eigenvalue weighted by molar-refractivity contribution is 0.268. The van der Waals surface area contributed by atoms with E-state index < -0.39 is 10.0 Å². The predicted molar refractivity (Wildman–Crippen MR) is 114 cm³/mol. The first-order valence-corrected chi connectivity index (χ1v) is 10.9. The van der Waals surface area contributed by atoms with Crippen LogP contribution in [0.5, 0.6) is 0 Å². The molecule has 146 valence electrons. The number of hydrogen-bond acceptors (Lipinski definition) is 4. The lowest BCUT2D eigenvalue weighted by Crippen LogP contribution is -2.51. The van der Waals surface area contributed by atoms with Gasteiger partial charge < -0.3 is 10.2 Å². The summed E-state index contributed by atoms with van der Waals surface area (Å²) in [5.41, 5.74) is 2.34. The van der Waals surface area contributed by atoms with E-state index in [2.05, 4.69) is 24.4 Å². The van der Waals surface area contributed by atoms with E-state index in [1.807, 2.05) is 23.1 Å². The van der Waals surface area contributed by atoms with E-state index in [-0.39, 0.29) is 10.5 Å². The SMILES string of the molecule is CCc1ccc(NC(=S)N2CCN(S(=O)(=O)c3ccccc3C#N)CC2)cc1. The first-order valence-electron chi connectivity index (χ1n) is 9.10. The lowest BCUT2D eigenvalue weighted by Gasteiger charge is -2.35. The Kier molecular flexibility index (Phi) is 6.29. The maximum atomic E-state index is 12.9. The largest absolute Gasteiger partial charge is 0.346 e. The summed E-state index contributed by atoms with van der Waals surface area (Å²) in [6, 6.07) is 16.3. The summed E-state index contributed by atoms with van der Waals surface area (Å²) in [6.45, 7) is 3.73. The molecular formula is C20H22N4O2S2. The molecule has 2 aromatic rings. The van der Waals surface area contributed by atoms with Crippen molar-refractivity contribution in [3.63, 3.8) is 0 Å². The van der Waals surface area contributed by atoms with Crippen LogP contribution in [-0.4, -0.2) is 48.9 Å². The molecular weight excluding hydrogens is 392 g/mol. The Morgan fingerprint density at radius 3 is 2.36 bits per heavy atom. The Bertz CT molecular complexity index is 990. The number of rotatable bonds is 4. The summed E-state index contributed by atoms with van der Waals surface area (Å²) in [7, 11) is -3.70. The highest BCUT2D eigenvalue weighted by molar-refractivity contribution is 7.89. The van der Waals surface area contributed by atoms with Crippen LogP contribution in [0.2, 0.25) is 0 Å². The van der Waals surface area contributed by atoms with Gasteiger partial charge in [0.05, 0.1) is 10.5 Å². The smallest absolute Gasteiger partial charge is 0.244 e. The van der Waals surface area contributed by atoms with Gasteiger partial charge in [-0.05, 0) is 48.5 Å². The highest BCUT2D eigenvalue weighted by Gasteiger charge is 2.30. The number of anilines is 1. The van der Waals surface area contributed by atoms with Crippen molar-refractivity contribution in [3.05, 3.63) is 59.7 Å². The van der Waals surface area contributed by atoms with Crippen molar-refractivity contribution in [1.82, 2.24) is 9.21 Å². The van der Waals surface area contributed by atoms with Crippen LogP contribution < -0.4 is 5.32 Å². The zero-order chi connectivity index (χ0) is 20.1. The Hall–Kier alpha value is -2.47. The third-order valence-corrected chi connectivity index (χ3v) is 7.08. The summed E-state index contributed by atoms with van der Waals surface area (Å²) in [4.78, 5) is 2.02. The molecule has 1 fully saturated rings. The number of nitrogens with one attached hydrogen (secondary N) is 1. The Morgan fingerprint density at radius 2 is 1.75 bits per heavy atom. The third kappa shape index (κ3) is 4.33. The van der Waals surface area contributed by atoms with Gasteiger partial charge in [-0.2, -0.15) is 9.57 Å². The van der Waals surface area contributed by atoms with Crippen LogP contribution in [0.25, 0.3) is 0 Å². The number of sulfonamides is 1. The maximum absolute atomic E-state index is 12.9. The van der Waals surface area contributed by atoms with Crippen molar-refractivity contribution in [3.8, 4) is 6.07 Å². The number of benzene rings is 2. The summed E-state index contributed by atoms with van der Waals surface area (Å²) in [6.07, 6.45) is 0.982. The minimum atomic E-state index is -3.70. The van der Waals surface area contributed by atoms with Gasteiger partial charge in [-0.15, -0.1) is 0 Å². The lowest BCUT2D eigenvalue weighted by atomic mass is 10.1. The van der Waals surface area contributed by atoms with Crippen molar-refractivity contribution in [2.24, 2.45) is 0 Å². The fourth-order valence-electron chi connectivity index (χ4n) is 3.08. The molecule has 0 unspecified atom stereocenters. The molecule has 1 saturated heterocycles. The van der Waals surface area contributed by atoms with Crippen molar-refractivity contribution in [2.45, 2.75) is 18.2 Å². The van der Waals surface area contributed by atoms with Crippen LogP contribution in [-0.2, 0) is 16.4 Å². The van der Waals surface area contributed by atoms with Gasteiger partial charge in [0, 0.05) is 31.9 Å². The van der Waals surface area contributed by atoms with Crippen LogP contribution in [0.3, 0.4) is 0 Å². The summed E-state index contributed by atoms with van der Waals surface area (Å²) in [5.74, 6) is 0. The molecule has 1 heterocycles. The molecule has 6 nitrogen and oxygen atoms in total. The van der Waals surface area contributed by atoms with Gasteiger partial charge in [-0.25, -0.2) is 8.42 Å². The number of aryl methyl sites for hydroxylation is 1. The second kappa shape index (κ2) is 8.69. The minimum Gasteiger partial charge on any atom is -0.346 e. The van der Waals surface area contributed by atoms with E-state index in [1.165, 1.54) is 22.0 Å². The van der Waals surface area contributed by atoms with Crippen LogP contribution in [0.1, 0.15) is 18.1 Å². The molecule has 1 aliphatic rings. The average molecular weight is 415 g/mol. The molecule has 2 aromatic carbocycles. The van der Waals surface area contributed by atoms with Crippen molar-refractivity contribution >= 4 is 33.0 Å². The van der Waals surface area contributed by atoms with Gasteiger partial charge >= 0.3 is 0 Å². The number of nitriles is 1. The van der Waals surface area contributed by atoms with Gasteiger partial charge in [0.2, 0.25) is 10.0 Å². The van der Waals surface area contributed by atoms with Crippen LogP contribution in [0.15, 0.2) is 53.4 Å². The van der Waals surface area contributed by atoms with E-state index in [9.17, 15) is 13.7 Å². The first-order chi connectivity index (χ1) is 13.5. The van der Waals surface area contributed by atoms with Gasteiger partial charge in [0.15, 0.2) is 5.11 Å². The van der Waals surface area contributed by atoms with E-state index >= 15 is 0 Å². The normalized spacial score (nSPS) is 15.1. The maximum Gasteiger partial charge on any atom is 0.244 e. The van der Waals surface area contributed by atoms with E-state index in [1.54, 1.807) is 12.1 Å². The van der Waals surface area contributed by atoms with Gasteiger partial charge in [0.1, 0.15) is 6.07 Å². The first kappa shape index (κ1) is 20.3. The van der Waals surface area contributed by atoms with E-state index in [0.717, 1.165) is 12.1 Å². The van der Waals surface area contributed by atoms with Gasteiger partial charge in [-0.1, -0.05) is 31.2 Å². The molecule has 0 saturated carbocycles. The molecule has 3 rings (SSSR count). The van der Waals surface area contributed by atoms with Crippen molar-refractivity contribution < 1.29 is 8.42 Å². The molecule has 0 aliphatic carbocycles. The monoisotopic (exact) mass is 414 g/mol. The fraction of sp³-hybridized carbons (Fsp3) is 0.300. The summed E-state index contributed by atoms with van der Waals surface area (Å²) < 4.78 is 27.2. The van der Waals surface area contributed by atoms with Gasteiger partial charge in [0.25, 0.3) is 0 Å². The molecule has 0 amide bonds. The Labute approximate surface area is 171 Å². The fourth-order valence-corrected chi connectivity index (χ4v) is 4.95. The van der Waals surface area contributed by atoms with Crippen LogP contribution in [0.4, 0.5) is 5.69 Å². The van der Waals surface area contributed by atoms with Crippen LogP contribution >= 0.6 is 12.2 Å². The Morgan fingerprint density at radius 1 is 1.11 bits per heavy atom. The van der Waals surface area contributed by atoms with Crippen LogP contribution in [0, 0.1) is 11.3 Å². The summed E-state index contributed by atoms with van der Waals surface area (Å²) in [5, 5.41) is 13.0. The highest BCUT2D eigenvalue weighted by Crippen LogP contribution is 2.21. The van der Waals surface area contributed by atoms with E-state index in [4.69, 9.17) is 12.2 Å². The topological polar surface area (TPSA) is 76.4 Å². The molecule has 1 N–H and O–H groups in total. The molecule has 28 heavy (non-hydrogen) atoms. The number of piperazine rings is 1. The molecule has 0 atom stereocenters. The number of hydrogen-bond donors (Lipinski definition) is 1. The molecule has 0 radical (unpaired) electrons.